The number of pyridine rings is 1. The number of carbonyl (C=O) groups excluding carboxylic acids is 2. The average Bonchev–Trinajstić information content (AvgIpc) is 3.08. The van der Waals surface area contributed by atoms with Crippen molar-refractivity contribution in [3.05, 3.63) is 48.0 Å². The number of hydrogen-bond donors (Lipinski definition) is 3. The van der Waals surface area contributed by atoms with Crippen molar-refractivity contribution < 1.29 is 9.59 Å². The Bertz CT molecular complexity index is 684. The van der Waals surface area contributed by atoms with Gasteiger partial charge in [-0.05, 0) is 24.3 Å². The van der Waals surface area contributed by atoms with Gasteiger partial charge in [-0.1, -0.05) is 0 Å². The monoisotopic (exact) mass is 313 g/mol. The molecule has 0 saturated carbocycles. The molecule has 3 rings (SSSR count). The minimum Gasteiger partial charge on any atom is -0.365 e. The van der Waals surface area contributed by atoms with Crippen molar-refractivity contribution in [2.45, 2.75) is 6.42 Å². The molecule has 0 unspecified atom stereocenters. The molecule has 2 amide bonds. The normalized spacial score (nSPS) is 14.4. The number of piperazine rings is 1. The lowest BCUT2D eigenvalue weighted by molar-refractivity contribution is -0.120. The number of amides is 2. The fourth-order valence-corrected chi connectivity index (χ4v) is 2.52. The quantitative estimate of drug-likeness (QED) is 0.741. The van der Waals surface area contributed by atoms with E-state index in [-0.39, 0.29) is 11.8 Å². The minimum atomic E-state index is -0.208. The second-order valence-corrected chi connectivity index (χ2v) is 5.37. The van der Waals surface area contributed by atoms with Crippen LogP contribution in [0.1, 0.15) is 16.2 Å². The van der Waals surface area contributed by atoms with E-state index in [0.29, 0.717) is 25.3 Å². The Morgan fingerprint density at radius 3 is 3.09 bits per heavy atom. The molecule has 1 aliphatic heterocycles. The predicted octanol–water partition coefficient (Wildman–Crippen LogP) is 0.318. The third-order valence-corrected chi connectivity index (χ3v) is 3.72. The number of aromatic nitrogens is 2. The molecule has 0 aliphatic carbocycles. The summed E-state index contributed by atoms with van der Waals surface area (Å²) in [6.45, 7) is 2.18. The molecule has 7 nitrogen and oxygen atoms in total. The fraction of sp³-hybridized carbons (Fsp3) is 0.312. The van der Waals surface area contributed by atoms with Gasteiger partial charge in [0.05, 0.1) is 6.54 Å². The minimum absolute atomic E-state index is 0.00925. The zero-order valence-corrected chi connectivity index (χ0v) is 12.7. The molecular formula is C16H19N5O2. The summed E-state index contributed by atoms with van der Waals surface area (Å²) in [5.41, 5.74) is 2.27. The van der Waals surface area contributed by atoms with Crippen LogP contribution in [0.25, 0.3) is 0 Å². The van der Waals surface area contributed by atoms with E-state index in [4.69, 9.17) is 0 Å². The Balaban J connectivity index is 1.59. The Labute approximate surface area is 134 Å². The molecule has 3 N–H and O–H groups in total. The summed E-state index contributed by atoms with van der Waals surface area (Å²) in [7, 11) is 0. The molecule has 0 aromatic carbocycles. The Kier molecular flexibility index (Phi) is 4.56. The highest BCUT2D eigenvalue weighted by molar-refractivity contribution is 5.93. The van der Waals surface area contributed by atoms with Gasteiger partial charge in [0.1, 0.15) is 5.69 Å². The number of anilines is 1. The molecule has 2 aromatic rings. The third kappa shape index (κ3) is 3.88. The lowest BCUT2D eigenvalue weighted by Gasteiger charge is -2.28. The Hall–Kier alpha value is -2.83. The average molecular weight is 313 g/mol. The van der Waals surface area contributed by atoms with Crippen molar-refractivity contribution in [3.8, 4) is 0 Å². The van der Waals surface area contributed by atoms with Crippen molar-refractivity contribution >= 4 is 17.5 Å². The zero-order chi connectivity index (χ0) is 16.1. The summed E-state index contributed by atoms with van der Waals surface area (Å²) in [6.07, 6.45) is 4.20. The van der Waals surface area contributed by atoms with Gasteiger partial charge in [-0.2, -0.15) is 0 Å². The summed E-state index contributed by atoms with van der Waals surface area (Å²) in [4.78, 5) is 32.8. The summed E-state index contributed by atoms with van der Waals surface area (Å²) >= 11 is 0. The molecular weight excluding hydrogens is 294 g/mol. The molecule has 2 aromatic heterocycles. The van der Waals surface area contributed by atoms with Crippen LogP contribution < -0.4 is 15.5 Å². The largest absolute Gasteiger partial charge is 0.365 e. The van der Waals surface area contributed by atoms with Gasteiger partial charge in [-0.15, -0.1) is 0 Å². The van der Waals surface area contributed by atoms with Crippen LogP contribution in [0.15, 0.2) is 36.7 Å². The molecule has 120 valence electrons. The van der Waals surface area contributed by atoms with Crippen molar-refractivity contribution in [2.24, 2.45) is 0 Å². The molecule has 1 aliphatic rings. The smallest absolute Gasteiger partial charge is 0.269 e. The van der Waals surface area contributed by atoms with E-state index in [1.807, 2.05) is 29.3 Å². The first-order chi connectivity index (χ1) is 11.2. The van der Waals surface area contributed by atoms with Gasteiger partial charge in [0, 0.05) is 49.8 Å². The highest BCUT2D eigenvalue weighted by Crippen LogP contribution is 2.15. The SMILES string of the molecule is O=C1CN(c2ccnc(C(=O)NCCc3ccc[nH]3)c2)CCN1. The van der Waals surface area contributed by atoms with Crippen LogP contribution in [0.4, 0.5) is 5.69 Å². The second kappa shape index (κ2) is 6.95. The molecule has 0 radical (unpaired) electrons. The van der Waals surface area contributed by atoms with Gasteiger partial charge >= 0.3 is 0 Å². The van der Waals surface area contributed by atoms with E-state index in [0.717, 1.165) is 24.3 Å². The van der Waals surface area contributed by atoms with E-state index in [9.17, 15) is 9.59 Å². The highest BCUT2D eigenvalue weighted by Gasteiger charge is 2.17. The third-order valence-electron chi connectivity index (χ3n) is 3.72. The molecule has 1 fully saturated rings. The van der Waals surface area contributed by atoms with E-state index >= 15 is 0 Å². The molecule has 0 atom stereocenters. The van der Waals surface area contributed by atoms with Crippen LogP contribution in [0, 0.1) is 0 Å². The van der Waals surface area contributed by atoms with E-state index in [2.05, 4.69) is 20.6 Å². The number of aromatic amines is 1. The Morgan fingerprint density at radius 2 is 2.30 bits per heavy atom. The predicted molar refractivity (Wildman–Crippen MR) is 86.3 cm³/mol. The zero-order valence-electron chi connectivity index (χ0n) is 12.7. The van der Waals surface area contributed by atoms with Crippen LogP contribution in [0.2, 0.25) is 0 Å². The molecule has 7 heteroatoms. The van der Waals surface area contributed by atoms with Gasteiger partial charge < -0.3 is 20.5 Å². The number of nitrogens with one attached hydrogen (secondary N) is 3. The van der Waals surface area contributed by atoms with Crippen molar-refractivity contribution in [3.63, 3.8) is 0 Å². The van der Waals surface area contributed by atoms with E-state index < -0.39 is 0 Å². The number of nitrogens with zero attached hydrogens (tertiary/aromatic N) is 2. The number of rotatable bonds is 5. The summed E-state index contributed by atoms with van der Waals surface area (Å²) in [6, 6.07) is 7.44. The lowest BCUT2D eigenvalue weighted by Crippen LogP contribution is -2.47. The van der Waals surface area contributed by atoms with E-state index in [1.54, 1.807) is 12.3 Å². The van der Waals surface area contributed by atoms with Crippen molar-refractivity contribution in [1.82, 2.24) is 20.6 Å². The lowest BCUT2D eigenvalue weighted by atomic mass is 10.2. The second-order valence-electron chi connectivity index (χ2n) is 5.37. The van der Waals surface area contributed by atoms with Crippen LogP contribution >= 0.6 is 0 Å². The molecule has 0 bridgehead atoms. The highest BCUT2D eigenvalue weighted by atomic mass is 16.2. The van der Waals surface area contributed by atoms with Gasteiger partial charge in [0.25, 0.3) is 5.91 Å². The number of carbonyl (C=O) groups is 2. The van der Waals surface area contributed by atoms with Crippen LogP contribution in [-0.4, -0.2) is 48.0 Å². The van der Waals surface area contributed by atoms with Crippen molar-refractivity contribution in [2.75, 3.05) is 31.1 Å². The van der Waals surface area contributed by atoms with Crippen LogP contribution in [0.3, 0.4) is 0 Å². The topological polar surface area (TPSA) is 90.1 Å². The number of hydrogen-bond acceptors (Lipinski definition) is 4. The first-order valence-corrected chi connectivity index (χ1v) is 7.60. The van der Waals surface area contributed by atoms with Gasteiger partial charge in [-0.3, -0.25) is 14.6 Å². The summed E-state index contributed by atoms with van der Waals surface area (Å²) < 4.78 is 0. The van der Waals surface area contributed by atoms with Gasteiger partial charge in [0.2, 0.25) is 5.91 Å². The van der Waals surface area contributed by atoms with Crippen LogP contribution in [-0.2, 0) is 11.2 Å². The standard InChI is InChI=1S/C16H19N5O2/c22-15-11-21(9-8-19-15)13-4-7-18-14(10-13)16(23)20-6-3-12-2-1-5-17-12/h1-2,4-5,7,10,17H,3,6,8-9,11H2,(H,19,22)(H,20,23). The summed E-state index contributed by atoms with van der Waals surface area (Å²) in [5, 5.41) is 5.64. The molecule has 3 heterocycles. The van der Waals surface area contributed by atoms with Gasteiger partial charge in [-0.25, -0.2) is 0 Å². The maximum atomic E-state index is 12.2. The molecule has 0 spiro atoms. The van der Waals surface area contributed by atoms with Crippen LogP contribution in [0.5, 0.6) is 0 Å². The number of H-pyrrole nitrogens is 1. The maximum Gasteiger partial charge on any atom is 0.269 e. The van der Waals surface area contributed by atoms with Crippen molar-refractivity contribution in [1.29, 1.82) is 0 Å². The Morgan fingerprint density at radius 1 is 1.39 bits per heavy atom. The van der Waals surface area contributed by atoms with E-state index in [1.165, 1.54) is 0 Å². The maximum absolute atomic E-state index is 12.2. The first-order valence-electron chi connectivity index (χ1n) is 7.60. The fourth-order valence-electron chi connectivity index (χ4n) is 2.52. The first kappa shape index (κ1) is 15.1. The summed E-state index contributed by atoms with van der Waals surface area (Å²) in [5.74, 6) is -0.218. The molecule has 23 heavy (non-hydrogen) atoms. The molecule has 1 saturated heterocycles. The van der Waals surface area contributed by atoms with Gasteiger partial charge in [0.15, 0.2) is 0 Å².